The molecule has 9 heteroatoms. The number of Topliss-reactive ketones (excluding diaryl/α,β-unsaturated/α-hetero) is 1. The summed E-state index contributed by atoms with van der Waals surface area (Å²) in [4.78, 5) is 28.0. The summed E-state index contributed by atoms with van der Waals surface area (Å²) < 4.78 is 53.9. The van der Waals surface area contributed by atoms with Crippen molar-refractivity contribution < 1.29 is 31.9 Å². The number of carbonyl (C=O) groups excluding carboxylic acids is 2. The molecule has 27 heavy (non-hydrogen) atoms. The molecule has 1 aromatic carbocycles. The van der Waals surface area contributed by atoms with E-state index in [1.165, 1.54) is 30.3 Å². The predicted molar refractivity (Wildman–Crippen MR) is 88.1 cm³/mol. The first-order chi connectivity index (χ1) is 12.6. The predicted octanol–water partition coefficient (Wildman–Crippen LogP) is 3.55. The first kappa shape index (κ1) is 20.3. The number of hydrogen-bond acceptors (Lipinski definition) is 4. The standard InChI is InChI=1S/C18H16F4N2O3/c1-11(9-15(25)12-5-7-13(19)8-6-12)23-17(26)14-3-2-4-16(24-14)27-10-18(20,21)22/h2-8,11H,9-10H2,1H3,(H,23,26)/t11-/m1/s1. The van der Waals surface area contributed by atoms with E-state index < -0.39 is 30.5 Å². The molecule has 1 atom stereocenters. The number of nitrogens with zero attached hydrogens (tertiary/aromatic N) is 1. The second-order valence-electron chi connectivity index (χ2n) is 5.77. The number of halogens is 4. The molecule has 5 nitrogen and oxygen atoms in total. The second-order valence-corrected chi connectivity index (χ2v) is 5.77. The van der Waals surface area contributed by atoms with Gasteiger partial charge < -0.3 is 10.1 Å². The molecule has 0 unspecified atom stereocenters. The number of amides is 1. The SMILES string of the molecule is C[C@H](CC(=O)c1ccc(F)cc1)NC(=O)c1cccc(OCC(F)(F)F)n1. The summed E-state index contributed by atoms with van der Waals surface area (Å²) in [5, 5.41) is 2.53. The zero-order valence-corrected chi connectivity index (χ0v) is 14.2. The third-order valence-corrected chi connectivity index (χ3v) is 3.38. The van der Waals surface area contributed by atoms with Gasteiger partial charge in [-0.3, -0.25) is 9.59 Å². The van der Waals surface area contributed by atoms with Crippen LogP contribution in [-0.4, -0.2) is 35.5 Å². The Morgan fingerprint density at radius 1 is 1.15 bits per heavy atom. The number of pyridine rings is 1. The quantitative estimate of drug-likeness (QED) is 0.586. The molecule has 0 saturated heterocycles. The maximum absolute atomic E-state index is 12.9. The maximum Gasteiger partial charge on any atom is 0.422 e. The Balaban J connectivity index is 1.93. The average Bonchev–Trinajstić information content (AvgIpc) is 2.60. The summed E-state index contributed by atoms with van der Waals surface area (Å²) in [6.07, 6.45) is -4.56. The summed E-state index contributed by atoms with van der Waals surface area (Å²) in [5.41, 5.74) is 0.161. The van der Waals surface area contributed by atoms with Gasteiger partial charge in [-0.1, -0.05) is 6.07 Å². The van der Waals surface area contributed by atoms with E-state index in [4.69, 9.17) is 0 Å². The van der Waals surface area contributed by atoms with E-state index in [9.17, 15) is 27.2 Å². The van der Waals surface area contributed by atoms with E-state index in [0.717, 1.165) is 12.1 Å². The highest BCUT2D eigenvalue weighted by Crippen LogP contribution is 2.17. The van der Waals surface area contributed by atoms with Gasteiger partial charge in [0.15, 0.2) is 12.4 Å². The van der Waals surface area contributed by atoms with Crippen LogP contribution in [0.2, 0.25) is 0 Å². The Morgan fingerprint density at radius 3 is 2.44 bits per heavy atom. The largest absolute Gasteiger partial charge is 0.468 e. The van der Waals surface area contributed by atoms with Crippen LogP contribution >= 0.6 is 0 Å². The van der Waals surface area contributed by atoms with E-state index in [0.29, 0.717) is 5.56 Å². The van der Waals surface area contributed by atoms with Crippen molar-refractivity contribution in [1.82, 2.24) is 10.3 Å². The Hall–Kier alpha value is -2.97. The molecule has 2 rings (SSSR count). The topological polar surface area (TPSA) is 68.3 Å². The Labute approximate surface area is 152 Å². The minimum Gasteiger partial charge on any atom is -0.468 e. The number of nitrogens with one attached hydrogen (secondary N) is 1. The number of ether oxygens (including phenoxy) is 1. The summed E-state index contributed by atoms with van der Waals surface area (Å²) >= 11 is 0. The minimum absolute atomic E-state index is 0.0400. The third kappa shape index (κ3) is 6.69. The molecular weight excluding hydrogens is 368 g/mol. The first-order valence-corrected chi connectivity index (χ1v) is 7.90. The Bertz CT molecular complexity index is 807. The van der Waals surface area contributed by atoms with Gasteiger partial charge in [-0.05, 0) is 37.3 Å². The summed E-state index contributed by atoms with van der Waals surface area (Å²) in [6.45, 7) is 0.0664. The number of aromatic nitrogens is 1. The molecule has 0 spiro atoms. The van der Waals surface area contributed by atoms with Crippen molar-refractivity contribution in [1.29, 1.82) is 0 Å². The fourth-order valence-electron chi connectivity index (χ4n) is 2.16. The van der Waals surface area contributed by atoms with Crippen molar-refractivity contribution in [2.24, 2.45) is 0 Å². The van der Waals surface area contributed by atoms with Gasteiger partial charge in [0.2, 0.25) is 5.88 Å². The van der Waals surface area contributed by atoms with Crippen LogP contribution in [0.15, 0.2) is 42.5 Å². The van der Waals surface area contributed by atoms with E-state index in [1.54, 1.807) is 6.92 Å². The van der Waals surface area contributed by atoms with Gasteiger partial charge in [0.1, 0.15) is 11.5 Å². The lowest BCUT2D eigenvalue weighted by Gasteiger charge is -2.14. The molecule has 0 aliphatic heterocycles. The number of alkyl halides is 3. The van der Waals surface area contributed by atoms with Gasteiger partial charge in [-0.2, -0.15) is 13.2 Å². The van der Waals surface area contributed by atoms with E-state index in [2.05, 4.69) is 15.0 Å². The highest BCUT2D eigenvalue weighted by Gasteiger charge is 2.28. The molecule has 0 aliphatic rings. The van der Waals surface area contributed by atoms with Crippen LogP contribution in [0, 0.1) is 5.82 Å². The van der Waals surface area contributed by atoms with E-state index in [1.807, 2.05) is 0 Å². The Morgan fingerprint density at radius 2 is 1.81 bits per heavy atom. The van der Waals surface area contributed by atoms with Crippen LogP contribution in [0.25, 0.3) is 0 Å². The van der Waals surface area contributed by atoms with Crippen LogP contribution < -0.4 is 10.1 Å². The highest BCUT2D eigenvalue weighted by molar-refractivity contribution is 5.97. The van der Waals surface area contributed by atoms with Gasteiger partial charge >= 0.3 is 6.18 Å². The first-order valence-electron chi connectivity index (χ1n) is 7.90. The molecule has 0 fully saturated rings. The summed E-state index contributed by atoms with van der Waals surface area (Å²) in [7, 11) is 0. The number of carbonyl (C=O) groups is 2. The summed E-state index contributed by atoms with van der Waals surface area (Å²) in [5.74, 6) is -1.76. The number of hydrogen-bond donors (Lipinski definition) is 1. The van der Waals surface area contributed by atoms with Crippen LogP contribution in [-0.2, 0) is 0 Å². The van der Waals surface area contributed by atoms with Crippen LogP contribution in [0.3, 0.4) is 0 Å². The number of benzene rings is 1. The molecule has 1 N–H and O–H groups in total. The summed E-state index contributed by atoms with van der Waals surface area (Å²) in [6, 6.07) is 8.28. The molecule has 0 bridgehead atoms. The Kier molecular flexibility index (Phi) is 6.49. The minimum atomic E-state index is -4.52. The van der Waals surface area contributed by atoms with Crippen LogP contribution in [0.5, 0.6) is 5.88 Å². The van der Waals surface area contributed by atoms with E-state index in [-0.39, 0.29) is 23.8 Å². The van der Waals surface area contributed by atoms with Crippen molar-refractivity contribution in [3.63, 3.8) is 0 Å². The lowest BCUT2D eigenvalue weighted by atomic mass is 10.0. The lowest BCUT2D eigenvalue weighted by Crippen LogP contribution is -2.34. The van der Waals surface area contributed by atoms with Gasteiger partial charge in [-0.15, -0.1) is 0 Å². The van der Waals surface area contributed by atoms with Crippen molar-refractivity contribution in [2.75, 3.05) is 6.61 Å². The van der Waals surface area contributed by atoms with E-state index >= 15 is 0 Å². The maximum atomic E-state index is 12.9. The van der Waals surface area contributed by atoms with Gasteiger partial charge in [-0.25, -0.2) is 9.37 Å². The van der Waals surface area contributed by atoms with Gasteiger partial charge in [0.25, 0.3) is 5.91 Å². The van der Waals surface area contributed by atoms with Crippen molar-refractivity contribution in [2.45, 2.75) is 25.6 Å². The molecule has 0 saturated carbocycles. The third-order valence-electron chi connectivity index (χ3n) is 3.38. The van der Waals surface area contributed by atoms with Gasteiger partial charge in [0, 0.05) is 24.1 Å². The highest BCUT2D eigenvalue weighted by atomic mass is 19.4. The lowest BCUT2D eigenvalue weighted by molar-refractivity contribution is -0.154. The normalized spacial score (nSPS) is 12.3. The van der Waals surface area contributed by atoms with Crippen molar-refractivity contribution >= 4 is 11.7 Å². The van der Waals surface area contributed by atoms with Gasteiger partial charge in [0.05, 0.1) is 0 Å². The molecule has 144 valence electrons. The molecule has 1 heterocycles. The molecule has 0 radical (unpaired) electrons. The monoisotopic (exact) mass is 384 g/mol. The second kappa shape index (κ2) is 8.61. The average molecular weight is 384 g/mol. The zero-order chi connectivity index (χ0) is 20.0. The molecule has 2 aromatic rings. The number of ketones is 1. The fraction of sp³-hybridized carbons (Fsp3) is 0.278. The van der Waals surface area contributed by atoms with Crippen LogP contribution in [0.1, 0.15) is 34.2 Å². The molecule has 1 amide bonds. The molecule has 0 aliphatic carbocycles. The molecular formula is C18H16F4N2O3. The fourth-order valence-corrected chi connectivity index (χ4v) is 2.16. The van der Waals surface area contributed by atoms with Crippen LogP contribution in [0.4, 0.5) is 17.6 Å². The molecule has 1 aromatic heterocycles. The van der Waals surface area contributed by atoms with Crippen molar-refractivity contribution in [3.05, 3.63) is 59.5 Å². The van der Waals surface area contributed by atoms with Crippen molar-refractivity contribution in [3.8, 4) is 5.88 Å². The zero-order valence-electron chi connectivity index (χ0n) is 14.2. The smallest absolute Gasteiger partial charge is 0.422 e. The number of rotatable bonds is 7.